The maximum absolute atomic E-state index is 13.0. The number of urea groups is 1. The number of nitrogens with zero attached hydrogens (tertiary/aromatic N) is 2. The molecule has 4 rings (SSSR count). The van der Waals surface area contributed by atoms with Crippen molar-refractivity contribution in [1.29, 1.82) is 0 Å². The summed E-state index contributed by atoms with van der Waals surface area (Å²) in [6.45, 7) is 1.90. The molecule has 2 fully saturated rings. The summed E-state index contributed by atoms with van der Waals surface area (Å²) in [7, 11) is 0. The van der Waals surface area contributed by atoms with Gasteiger partial charge in [-0.05, 0) is 37.1 Å². The van der Waals surface area contributed by atoms with Crippen molar-refractivity contribution in [2.45, 2.75) is 37.8 Å². The molecule has 1 saturated heterocycles. The molecule has 29 heavy (non-hydrogen) atoms. The van der Waals surface area contributed by atoms with Crippen LogP contribution in [0.15, 0.2) is 53.1 Å². The summed E-state index contributed by atoms with van der Waals surface area (Å²) >= 11 is 0. The molecule has 7 nitrogen and oxygen atoms in total. The van der Waals surface area contributed by atoms with Crippen LogP contribution in [0.5, 0.6) is 0 Å². The normalized spacial score (nSPS) is 19.9. The quantitative estimate of drug-likeness (QED) is 0.837. The Morgan fingerprint density at radius 1 is 1.10 bits per heavy atom. The molecule has 1 aromatic heterocycles. The van der Waals surface area contributed by atoms with Gasteiger partial charge in [-0.15, -0.1) is 0 Å². The minimum atomic E-state index is -0.218. The van der Waals surface area contributed by atoms with Gasteiger partial charge in [-0.3, -0.25) is 4.79 Å². The molecular formula is C22H27N3O4. The third-order valence-corrected chi connectivity index (χ3v) is 5.61. The number of furan rings is 1. The maximum Gasteiger partial charge on any atom is 0.322 e. The predicted octanol–water partition coefficient (Wildman–Crippen LogP) is 3.60. The first kappa shape index (κ1) is 19.5. The van der Waals surface area contributed by atoms with Crippen LogP contribution in [0, 0.1) is 0 Å². The molecule has 3 amide bonds. The lowest BCUT2D eigenvalue weighted by Gasteiger charge is -2.37. The van der Waals surface area contributed by atoms with Gasteiger partial charge in [0, 0.05) is 24.8 Å². The van der Waals surface area contributed by atoms with E-state index in [1.807, 2.05) is 35.2 Å². The van der Waals surface area contributed by atoms with Gasteiger partial charge in [0.15, 0.2) is 5.76 Å². The van der Waals surface area contributed by atoms with E-state index in [1.54, 1.807) is 17.0 Å². The number of rotatable bonds is 5. The number of carbonyl (C=O) groups is 2. The van der Waals surface area contributed by atoms with Crippen molar-refractivity contribution in [2.24, 2.45) is 0 Å². The Labute approximate surface area is 170 Å². The first-order valence-corrected chi connectivity index (χ1v) is 10.3. The minimum absolute atomic E-state index is 0.101. The molecule has 0 bridgehead atoms. The molecule has 1 aliphatic carbocycles. The summed E-state index contributed by atoms with van der Waals surface area (Å²) in [6.07, 6.45) is 5.56. The Bertz CT molecular complexity index is 803. The van der Waals surface area contributed by atoms with Crippen LogP contribution in [0.2, 0.25) is 0 Å². The van der Waals surface area contributed by atoms with Crippen LogP contribution in [-0.4, -0.2) is 60.1 Å². The number of morpholine rings is 1. The van der Waals surface area contributed by atoms with Crippen molar-refractivity contribution in [2.75, 3.05) is 31.6 Å². The fourth-order valence-electron chi connectivity index (χ4n) is 4.11. The number of hydrogen-bond donors (Lipinski definition) is 1. The monoisotopic (exact) mass is 397 g/mol. The second-order valence-electron chi connectivity index (χ2n) is 7.61. The lowest BCUT2D eigenvalue weighted by atomic mass is 10.1. The molecule has 2 aliphatic rings. The summed E-state index contributed by atoms with van der Waals surface area (Å²) in [4.78, 5) is 29.3. The lowest BCUT2D eigenvalue weighted by molar-refractivity contribution is -0.0312. The van der Waals surface area contributed by atoms with E-state index in [2.05, 4.69) is 5.32 Å². The van der Waals surface area contributed by atoms with Crippen molar-refractivity contribution < 1.29 is 18.7 Å². The third-order valence-electron chi connectivity index (χ3n) is 5.61. The summed E-state index contributed by atoms with van der Waals surface area (Å²) in [5.41, 5.74) is 0.765. The molecule has 2 aromatic rings. The van der Waals surface area contributed by atoms with Crippen LogP contribution in [0.3, 0.4) is 0 Å². The van der Waals surface area contributed by atoms with E-state index in [0.29, 0.717) is 32.0 Å². The Kier molecular flexibility index (Phi) is 6.14. The van der Waals surface area contributed by atoms with Crippen LogP contribution in [-0.2, 0) is 4.74 Å². The summed E-state index contributed by atoms with van der Waals surface area (Å²) < 4.78 is 11.3. The number of benzene rings is 1. The fraction of sp³-hybridized carbons (Fsp3) is 0.455. The molecule has 1 aliphatic heterocycles. The number of amides is 3. The van der Waals surface area contributed by atoms with Crippen LogP contribution < -0.4 is 5.32 Å². The Morgan fingerprint density at radius 3 is 2.62 bits per heavy atom. The Hall–Kier alpha value is -2.80. The van der Waals surface area contributed by atoms with Gasteiger partial charge in [-0.25, -0.2) is 4.79 Å². The van der Waals surface area contributed by atoms with Crippen molar-refractivity contribution in [3.8, 4) is 0 Å². The van der Waals surface area contributed by atoms with Gasteiger partial charge in [0.1, 0.15) is 0 Å². The SMILES string of the molecule is O=C(Nc1ccccc1)N1CCO[C@@H](CN(C(=O)c2ccco2)C2CCCC2)C1. The highest BCUT2D eigenvalue weighted by atomic mass is 16.5. The predicted molar refractivity (Wildman–Crippen MR) is 109 cm³/mol. The molecule has 1 saturated carbocycles. The molecule has 0 radical (unpaired) electrons. The van der Waals surface area contributed by atoms with Crippen molar-refractivity contribution in [1.82, 2.24) is 9.80 Å². The van der Waals surface area contributed by atoms with Crippen LogP contribution in [0.25, 0.3) is 0 Å². The third kappa shape index (κ3) is 4.79. The molecule has 2 heterocycles. The zero-order valence-corrected chi connectivity index (χ0v) is 16.5. The average molecular weight is 397 g/mol. The smallest absolute Gasteiger partial charge is 0.322 e. The second kappa shape index (κ2) is 9.13. The van der Waals surface area contributed by atoms with E-state index in [0.717, 1.165) is 31.4 Å². The number of anilines is 1. The summed E-state index contributed by atoms with van der Waals surface area (Å²) in [5, 5.41) is 2.92. The average Bonchev–Trinajstić information content (AvgIpc) is 3.47. The first-order chi connectivity index (χ1) is 14.2. The zero-order valence-electron chi connectivity index (χ0n) is 16.5. The largest absolute Gasteiger partial charge is 0.459 e. The van der Waals surface area contributed by atoms with Gasteiger partial charge in [-0.1, -0.05) is 31.0 Å². The molecule has 7 heteroatoms. The molecular weight excluding hydrogens is 370 g/mol. The van der Waals surface area contributed by atoms with E-state index < -0.39 is 0 Å². The molecule has 0 unspecified atom stereocenters. The standard InChI is InChI=1S/C22H27N3O4/c26-21(20-11-6-13-29-20)25(18-9-4-5-10-18)16-19-15-24(12-14-28-19)22(27)23-17-7-2-1-3-8-17/h1-3,6-8,11,13,18-19H,4-5,9-10,12,14-16H2,(H,23,27)/t19-/m1/s1. The van der Waals surface area contributed by atoms with E-state index in [9.17, 15) is 9.59 Å². The molecule has 1 aromatic carbocycles. The second-order valence-corrected chi connectivity index (χ2v) is 7.61. The van der Waals surface area contributed by atoms with Crippen molar-refractivity contribution in [3.63, 3.8) is 0 Å². The van der Waals surface area contributed by atoms with Gasteiger partial charge >= 0.3 is 6.03 Å². The minimum Gasteiger partial charge on any atom is -0.459 e. The highest BCUT2D eigenvalue weighted by Gasteiger charge is 2.33. The molecule has 154 valence electrons. The van der Waals surface area contributed by atoms with Crippen LogP contribution in [0.4, 0.5) is 10.5 Å². The number of ether oxygens (including phenoxy) is 1. The van der Waals surface area contributed by atoms with E-state index >= 15 is 0 Å². The highest BCUT2D eigenvalue weighted by molar-refractivity contribution is 5.92. The summed E-state index contributed by atoms with van der Waals surface area (Å²) in [6, 6.07) is 12.9. The van der Waals surface area contributed by atoms with Gasteiger partial charge in [0.05, 0.1) is 25.5 Å². The Morgan fingerprint density at radius 2 is 1.90 bits per heavy atom. The number of hydrogen-bond acceptors (Lipinski definition) is 4. The topological polar surface area (TPSA) is 75.0 Å². The maximum atomic E-state index is 13.0. The van der Waals surface area contributed by atoms with Gasteiger partial charge < -0.3 is 24.3 Å². The number of nitrogens with one attached hydrogen (secondary N) is 1. The summed E-state index contributed by atoms with van der Waals surface area (Å²) in [5.74, 6) is 0.253. The van der Waals surface area contributed by atoms with Crippen molar-refractivity contribution >= 4 is 17.6 Å². The molecule has 0 spiro atoms. The fourth-order valence-corrected chi connectivity index (χ4v) is 4.11. The van der Waals surface area contributed by atoms with E-state index in [4.69, 9.17) is 9.15 Å². The van der Waals surface area contributed by atoms with Crippen LogP contribution in [0.1, 0.15) is 36.2 Å². The zero-order chi connectivity index (χ0) is 20.1. The van der Waals surface area contributed by atoms with E-state index in [1.165, 1.54) is 6.26 Å². The molecule has 1 atom stereocenters. The van der Waals surface area contributed by atoms with E-state index in [-0.39, 0.29) is 24.1 Å². The Balaban J connectivity index is 1.40. The number of carbonyl (C=O) groups excluding carboxylic acids is 2. The van der Waals surface area contributed by atoms with Crippen molar-refractivity contribution in [3.05, 3.63) is 54.5 Å². The lowest BCUT2D eigenvalue weighted by Crippen LogP contribution is -2.53. The molecule has 1 N–H and O–H groups in total. The van der Waals surface area contributed by atoms with Gasteiger partial charge in [-0.2, -0.15) is 0 Å². The number of para-hydroxylation sites is 1. The first-order valence-electron chi connectivity index (χ1n) is 10.3. The van der Waals surface area contributed by atoms with Crippen LogP contribution >= 0.6 is 0 Å². The van der Waals surface area contributed by atoms with Gasteiger partial charge in [0.2, 0.25) is 0 Å². The van der Waals surface area contributed by atoms with Gasteiger partial charge in [0.25, 0.3) is 5.91 Å². The highest BCUT2D eigenvalue weighted by Crippen LogP contribution is 2.26.